The van der Waals surface area contributed by atoms with Crippen molar-refractivity contribution in [1.82, 2.24) is 0 Å². The SMILES string of the molecule is N[C@H](C(=O)O)[C@H]1CCc2ccccc21. The molecule has 0 aliphatic heterocycles. The highest BCUT2D eigenvalue weighted by Crippen LogP contribution is 2.34. The minimum absolute atomic E-state index is 0.0105. The van der Waals surface area contributed by atoms with Crippen molar-refractivity contribution >= 4 is 5.97 Å². The van der Waals surface area contributed by atoms with E-state index in [-0.39, 0.29) is 5.92 Å². The minimum atomic E-state index is -0.910. The van der Waals surface area contributed by atoms with Crippen molar-refractivity contribution in [1.29, 1.82) is 0 Å². The predicted octanol–water partition coefficient (Wildman–Crippen LogP) is 1.13. The molecule has 14 heavy (non-hydrogen) atoms. The van der Waals surface area contributed by atoms with Gasteiger partial charge in [0, 0.05) is 5.92 Å². The molecule has 1 aromatic rings. The average Bonchev–Trinajstić information content (AvgIpc) is 2.60. The summed E-state index contributed by atoms with van der Waals surface area (Å²) in [4.78, 5) is 10.8. The Morgan fingerprint density at radius 2 is 2.21 bits per heavy atom. The molecular weight excluding hydrogens is 178 g/mol. The van der Waals surface area contributed by atoms with E-state index in [1.54, 1.807) is 0 Å². The zero-order valence-electron chi connectivity index (χ0n) is 7.81. The van der Waals surface area contributed by atoms with Crippen LogP contribution in [0.1, 0.15) is 23.5 Å². The molecule has 0 saturated carbocycles. The molecule has 1 aromatic carbocycles. The second-order valence-corrected chi connectivity index (χ2v) is 3.71. The molecule has 0 saturated heterocycles. The zero-order valence-corrected chi connectivity index (χ0v) is 7.81. The smallest absolute Gasteiger partial charge is 0.321 e. The van der Waals surface area contributed by atoms with Gasteiger partial charge >= 0.3 is 5.97 Å². The van der Waals surface area contributed by atoms with E-state index < -0.39 is 12.0 Å². The molecule has 0 fully saturated rings. The molecule has 0 radical (unpaired) electrons. The molecule has 1 aliphatic carbocycles. The topological polar surface area (TPSA) is 63.3 Å². The van der Waals surface area contributed by atoms with Gasteiger partial charge in [-0.15, -0.1) is 0 Å². The van der Waals surface area contributed by atoms with Gasteiger partial charge in [-0.1, -0.05) is 24.3 Å². The van der Waals surface area contributed by atoms with Gasteiger partial charge in [-0.25, -0.2) is 0 Å². The zero-order chi connectivity index (χ0) is 10.1. The number of rotatable bonds is 2. The Hall–Kier alpha value is -1.35. The third-order valence-corrected chi connectivity index (χ3v) is 2.90. The van der Waals surface area contributed by atoms with Crippen molar-refractivity contribution in [2.75, 3.05) is 0 Å². The van der Waals surface area contributed by atoms with E-state index in [0.717, 1.165) is 18.4 Å². The Morgan fingerprint density at radius 3 is 2.93 bits per heavy atom. The number of carbonyl (C=O) groups is 1. The van der Waals surface area contributed by atoms with Gasteiger partial charge < -0.3 is 10.8 Å². The summed E-state index contributed by atoms with van der Waals surface area (Å²) in [6.07, 6.45) is 1.80. The number of nitrogens with two attached hydrogens (primary N) is 1. The Balaban J connectivity index is 2.30. The van der Waals surface area contributed by atoms with Crippen molar-refractivity contribution in [3.8, 4) is 0 Å². The van der Waals surface area contributed by atoms with Crippen molar-refractivity contribution in [3.63, 3.8) is 0 Å². The van der Waals surface area contributed by atoms with Crippen LogP contribution >= 0.6 is 0 Å². The number of hydrogen-bond donors (Lipinski definition) is 2. The predicted molar refractivity (Wildman–Crippen MR) is 53.1 cm³/mol. The van der Waals surface area contributed by atoms with Crippen LogP contribution in [0.5, 0.6) is 0 Å². The van der Waals surface area contributed by atoms with Crippen LogP contribution in [0.4, 0.5) is 0 Å². The summed E-state index contributed by atoms with van der Waals surface area (Å²) in [7, 11) is 0. The summed E-state index contributed by atoms with van der Waals surface area (Å²) in [5, 5.41) is 8.84. The number of aliphatic carboxylic acids is 1. The molecule has 3 N–H and O–H groups in total. The van der Waals surface area contributed by atoms with E-state index >= 15 is 0 Å². The number of benzene rings is 1. The molecule has 74 valence electrons. The fourth-order valence-electron chi connectivity index (χ4n) is 2.14. The van der Waals surface area contributed by atoms with E-state index in [0.29, 0.717) is 0 Å². The van der Waals surface area contributed by atoms with Crippen molar-refractivity contribution in [3.05, 3.63) is 35.4 Å². The van der Waals surface area contributed by atoms with Crippen LogP contribution in [0.15, 0.2) is 24.3 Å². The van der Waals surface area contributed by atoms with Crippen LogP contribution in [-0.4, -0.2) is 17.1 Å². The summed E-state index contributed by atoms with van der Waals surface area (Å²) in [5.41, 5.74) is 8.00. The summed E-state index contributed by atoms with van der Waals surface area (Å²) in [6, 6.07) is 7.18. The van der Waals surface area contributed by atoms with Gasteiger partial charge in [0.05, 0.1) is 0 Å². The molecule has 2 rings (SSSR count). The maximum atomic E-state index is 10.8. The monoisotopic (exact) mass is 191 g/mol. The maximum absolute atomic E-state index is 10.8. The van der Waals surface area contributed by atoms with Gasteiger partial charge in [-0.2, -0.15) is 0 Å². The Labute approximate surface area is 82.5 Å². The highest BCUT2D eigenvalue weighted by atomic mass is 16.4. The lowest BCUT2D eigenvalue weighted by Gasteiger charge is -2.15. The standard InChI is InChI=1S/C11H13NO2/c12-10(11(13)14)9-6-5-7-3-1-2-4-8(7)9/h1-4,9-10H,5-6,12H2,(H,13,14)/t9-,10-/m0/s1. The first-order valence-corrected chi connectivity index (χ1v) is 4.76. The van der Waals surface area contributed by atoms with Gasteiger partial charge in [0.25, 0.3) is 0 Å². The summed E-state index contributed by atoms with van der Waals surface area (Å²) in [6.45, 7) is 0. The van der Waals surface area contributed by atoms with E-state index in [1.807, 2.05) is 24.3 Å². The molecule has 0 amide bonds. The fourth-order valence-corrected chi connectivity index (χ4v) is 2.14. The molecule has 0 aromatic heterocycles. The molecular formula is C11H13NO2. The highest BCUT2D eigenvalue weighted by molar-refractivity contribution is 5.75. The lowest BCUT2D eigenvalue weighted by atomic mass is 9.94. The second kappa shape index (κ2) is 3.42. The molecule has 0 bridgehead atoms. The summed E-state index contributed by atoms with van der Waals surface area (Å²) in [5.74, 6) is -0.921. The van der Waals surface area contributed by atoms with Crippen molar-refractivity contribution in [2.24, 2.45) is 5.73 Å². The largest absolute Gasteiger partial charge is 0.480 e. The maximum Gasteiger partial charge on any atom is 0.321 e. The molecule has 2 atom stereocenters. The van der Waals surface area contributed by atoms with Gasteiger partial charge in [-0.05, 0) is 24.0 Å². The number of fused-ring (bicyclic) bond motifs is 1. The number of hydrogen-bond acceptors (Lipinski definition) is 2. The van der Waals surface area contributed by atoms with Crippen molar-refractivity contribution < 1.29 is 9.90 Å². The van der Waals surface area contributed by atoms with Gasteiger partial charge in [0.2, 0.25) is 0 Å². The van der Waals surface area contributed by atoms with E-state index in [4.69, 9.17) is 10.8 Å². The molecule has 0 unspecified atom stereocenters. The number of carboxylic acids is 1. The van der Waals surface area contributed by atoms with Crippen LogP contribution < -0.4 is 5.73 Å². The van der Waals surface area contributed by atoms with Crippen LogP contribution in [0.2, 0.25) is 0 Å². The molecule has 0 heterocycles. The van der Waals surface area contributed by atoms with E-state index in [9.17, 15) is 4.79 Å². The Kier molecular flexibility index (Phi) is 2.25. The Bertz CT molecular complexity index is 362. The second-order valence-electron chi connectivity index (χ2n) is 3.71. The lowest BCUT2D eigenvalue weighted by Crippen LogP contribution is -2.35. The summed E-state index contributed by atoms with van der Waals surface area (Å²) < 4.78 is 0. The van der Waals surface area contributed by atoms with Gasteiger partial charge in [0.15, 0.2) is 0 Å². The average molecular weight is 191 g/mol. The minimum Gasteiger partial charge on any atom is -0.480 e. The van der Waals surface area contributed by atoms with Gasteiger partial charge in [-0.3, -0.25) is 4.79 Å². The van der Waals surface area contributed by atoms with E-state index in [2.05, 4.69) is 0 Å². The number of carboxylic acid groups (broad SMARTS) is 1. The van der Waals surface area contributed by atoms with Crippen molar-refractivity contribution in [2.45, 2.75) is 24.8 Å². The van der Waals surface area contributed by atoms with Crippen LogP contribution in [0, 0.1) is 0 Å². The van der Waals surface area contributed by atoms with Crippen LogP contribution in [0.3, 0.4) is 0 Å². The number of aryl methyl sites for hydroxylation is 1. The molecule has 3 heteroatoms. The highest BCUT2D eigenvalue weighted by Gasteiger charge is 2.31. The molecule has 1 aliphatic rings. The third-order valence-electron chi connectivity index (χ3n) is 2.90. The van der Waals surface area contributed by atoms with Crippen LogP contribution in [0.25, 0.3) is 0 Å². The Morgan fingerprint density at radius 1 is 1.50 bits per heavy atom. The third kappa shape index (κ3) is 1.40. The quantitative estimate of drug-likeness (QED) is 0.736. The lowest BCUT2D eigenvalue weighted by molar-refractivity contribution is -0.139. The van der Waals surface area contributed by atoms with E-state index in [1.165, 1.54) is 5.56 Å². The van der Waals surface area contributed by atoms with Gasteiger partial charge in [0.1, 0.15) is 6.04 Å². The first kappa shape index (κ1) is 9.21. The summed E-state index contributed by atoms with van der Waals surface area (Å²) >= 11 is 0. The van der Waals surface area contributed by atoms with Crippen LogP contribution in [-0.2, 0) is 11.2 Å². The normalized spacial score (nSPS) is 21.6. The fraction of sp³-hybridized carbons (Fsp3) is 0.364. The molecule has 3 nitrogen and oxygen atoms in total. The first-order chi connectivity index (χ1) is 6.70. The molecule has 0 spiro atoms. The first-order valence-electron chi connectivity index (χ1n) is 4.76.